The Labute approximate surface area is 104 Å². The van der Waals surface area contributed by atoms with Gasteiger partial charge in [0.2, 0.25) is 0 Å². The van der Waals surface area contributed by atoms with E-state index in [0.29, 0.717) is 35.4 Å². The molecule has 5 heteroatoms. The summed E-state index contributed by atoms with van der Waals surface area (Å²) < 4.78 is 10.2. The Morgan fingerprint density at radius 3 is 2.89 bits per heavy atom. The molecular formula is C13H12N2O3. The normalized spacial score (nSPS) is 10.2. The van der Waals surface area contributed by atoms with Crippen molar-refractivity contribution in [2.75, 3.05) is 20.3 Å². The monoisotopic (exact) mass is 244 g/mol. The summed E-state index contributed by atoms with van der Waals surface area (Å²) in [5, 5.41) is 19.3. The second-order valence-corrected chi connectivity index (χ2v) is 3.69. The van der Waals surface area contributed by atoms with E-state index in [0.717, 1.165) is 0 Å². The number of nitriles is 1. The maximum Gasteiger partial charge on any atom is 0.163 e. The molecule has 92 valence electrons. The maximum absolute atomic E-state index is 9.79. The zero-order chi connectivity index (χ0) is 13.0. The van der Waals surface area contributed by atoms with Crippen LogP contribution in [-0.4, -0.2) is 30.4 Å². The van der Waals surface area contributed by atoms with Gasteiger partial charge in [0, 0.05) is 24.8 Å². The van der Waals surface area contributed by atoms with E-state index in [9.17, 15) is 5.11 Å². The molecule has 5 nitrogen and oxygen atoms in total. The third kappa shape index (κ3) is 2.50. The largest absolute Gasteiger partial charge is 0.504 e. The number of fused-ring (bicyclic) bond motifs is 1. The molecule has 1 N–H and O–H groups in total. The number of rotatable bonds is 4. The molecule has 0 saturated heterocycles. The zero-order valence-corrected chi connectivity index (χ0v) is 9.88. The lowest BCUT2D eigenvalue weighted by molar-refractivity contribution is 0.144. The van der Waals surface area contributed by atoms with Gasteiger partial charge in [0.15, 0.2) is 11.5 Å². The lowest BCUT2D eigenvalue weighted by Crippen LogP contribution is -2.04. The van der Waals surface area contributed by atoms with Crippen molar-refractivity contribution in [1.82, 2.24) is 4.98 Å². The highest BCUT2D eigenvalue weighted by molar-refractivity contribution is 5.83. The Morgan fingerprint density at radius 2 is 2.17 bits per heavy atom. The van der Waals surface area contributed by atoms with Crippen molar-refractivity contribution in [2.45, 2.75) is 0 Å². The van der Waals surface area contributed by atoms with E-state index in [1.54, 1.807) is 19.2 Å². The van der Waals surface area contributed by atoms with Crippen LogP contribution in [0.4, 0.5) is 0 Å². The highest BCUT2D eigenvalue weighted by Crippen LogP contribution is 2.30. The summed E-state index contributed by atoms with van der Waals surface area (Å²) in [6.07, 6.45) is 1.48. The molecule has 1 aromatic heterocycles. The van der Waals surface area contributed by atoms with Crippen LogP contribution >= 0.6 is 0 Å². The summed E-state index contributed by atoms with van der Waals surface area (Å²) in [7, 11) is 1.58. The van der Waals surface area contributed by atoms with E-state index in [1.165, 1.54) is 12.3 Å². The molecule has 1 heterocycles. The minimum Gasteiger partial charge on any atom is -0.504 e. The number of hydrogen-bond donors (Lipinski definition) is 1. The van der Waals surface area contributed by atoms with Crippen molar-refractivity contribution in [2.24, 2.45) is 0 Å². The van der Waals surface area contributed by atoms with Gasteiger partial charge in [0.05, 0.1) is 17.7 Å². The highest BCUT2D eigenvalue weighted by atomic mass is 16.5. The second-order valence-electron chi connectivity index (χ2n) is 3.69. The third-order valence-electron chi connectivity index (χ3n) is 2.44. The van der Waals surface area contributed by atoms with E-state index in [-0.39, 0.29) is 5.75 Å². The van der Waals surface area contributed by atoms with Crippen LogP contribution in [0.15, 0.2) is 24.4 Å². The molecule has 0 amide bonds. The number of methoxy groups -OCH3 is 1. The van der Waals surface area contributed by atoms with E-state index >= 15 is 0 Å². The zero-order valence-electron chi connectivity index (χ0n) is 9.88. The van der Waals surface area contributed by atoms with Crippen molar-refractivity contribution in [3.8, 4) is 17.6 Å². The van der Waals surface area contributed by atoms with Gasteiger partial charge in [-0.2, -0.15) is 5.26 Å². The van der Waals surface area contributed by atoms with Crippen LogP contribution in [0, 0.1) is 11.3 Å². The molecule has 2 aromatic rings. The van der Waals surface area contributed by atoms with Crippen LogP contribution < -0.4 is 4.74 Å². The molecule has 0 unspecified atom stereocenters. The number of ether oxygens (including phenoxy) is 2. The molecule has 0 aliphatic heterocycles. The first-order valence-corrected chi connectivity index (χ1v) is 5.39. The van der Waals surface area contributed by atoms with Gasteiger partial charge in [0.25, 0.3) is 0 Å². The first-order valence-electron chi connectivity index (χ1n) is 5.39. The van der Waals surface area contributed by atoms with Gasteiger partial charge in [-0.15, -0.1) is 0 Å². The Morgan fingerprint density at radius 1 is 1.33 bits per heavy atom. The maximum atomic E-state index is 9.79. The van der Waals surface area contributed by atoms with Crippen molar-refractivity contribution < 1.29 is 14.6 Å². The van der Waals surface area contributed by atoms with Crippen molar-refractivity contribution in [3.05, 3.63) is 30.0 Å². The summed E-state index contributed by atoms with van der Waals surface area (Å²) >= 11 is 0. The Balaban J connectivity index is 2.34. The van der Waals surface area contributed by atoms with Crippen molar-refractivity contribution >= 4 is 10.9 Å². The van der Waals surface area contributed by atoms with Crippen molar-refractivity contribution in [3.63, 3.8) is 0 Å². The fraction of sp³-hybridized carbons (Fsp3) is 0.231. The number of pyridine rings is 1. The second kappa shape index (κ2) is 5.34. The molecule has 0 fully saturated rings. The molecule has 0 saturated carbocycles. The fourth-order valence-corrected chi connectivity index (χ4v) is 1.56. The molecule has 0 aliphatic rings. The first kappa shape index (κ1) is 12.1. The summed E-state index contributed by atoms with van der Waals surface area (Å²) in [4.78, 5) is 4.14. The van der Waals surface area contributed by atoms with Crippen LogP contribution in [0.5, 0.6) is 11.5 Å². The quantitative estimate of drug-likeness (QED) is 0.830. The molecule has 0 atom stereocenters. The first-order chi connectivity index (χ1) is 8.74. The topological polar surface area (TPSA) is 75.4 Å². The predicted octanol–water partition coefficient (Wildman–Crippen LogP) is 1.84. The highest BCUT2D eigenvalue weighted by Gasteiger charge is 2.06. The summed E-state index contributed by atoms with van der Waals surface area (Å²) in [6.45, 7) is 0.796. The average molecular weight is 244 g/mol. The summed E-state index contributed by atoms with van der Waals surface area (Å²) in [5.74, 6) is 0.382. The standard InChI is InChI=1S/C13H12N2O3/c1-17-2-3-18-13-6-11-10(5-12(13)16)4-9(7-14)8-15-11/h4-6,8,16H,2-3H2,1H3. The van der Waals surface area contributed by atoms with E-state index in [4.69, 9.17) is 14.7 Å². The van der Waals surface area contributed by atoms with Crippen LogP contribution in [0.1, 0.15) is 5.56 Å². The van der Waals surface area contributed by atoms with Gasteiger partial charge >= 0.3 is 0 Å². The number of phenols is 1. The predicted molar refractivity (Wildman–Crippen MR) is 65.5 cm³/mol. The number of aromatic hydroxyl groups is 1. The molecule has 0 spiro atoms. The van der Waals surface area contributed by atoms with Gasteiger partial charge in [-0.1, -0.05) is 0 Å². The number of nitrogens with zero attached hydrogens (tertiary/aromatic N) is 2. The van der Waals surface area contributed by atoms with Crippen LogP contribution in [0.3, 0.4) is 0 Å². The number of phenolic OH excluding ortho intramolecular Hbond substituents is 1. The van der Waals surface area contributed by atoms with Gasteiger partial charge in [-0.3, -0.25) is 4.98 Å². The lowest BCUT2D eigenvalue weighted by atomic mass is 10.1. The Hall–Kier alpha value is -2.32. The fourth-order valence-electron chi connectivity index (χ4n) is 1.56. The Bertz CT molecular complexity index is 605. The molecule has 1 aromatic carbocycles. The summed E-state index contributed by atoms with van der Waals surface area (Å²) in [6, 6.07) is 6.84. The lowest BCUT2D eigenvalue weighted by Gasteiger charge is -2.08. The van der Waals surface area contributed by atoms with Gasteiger partial charge in [-0.05, 0) is 12.1 Å². The molecule has 18 heavy (non-hydrogen) atoms. The Kier molecular flexibility index (Phi) is 3.60. The minimum absolute atomic E-state index is 0.0236. The van der Waals surface area contributed by atoms with E-state index < -0.39 is 0 Å². The van der Waals surface area contributed by atoms with Crippen LogP contribution in [0.2, 0.25) is 0 Å². The van der Waals surface area contributed by atoms with E-state index in [1.807, 2.05) is 6.07 Å². The number of benzene rings is 1. The molecule has 0 radical (unpaired) electrons. The average Bonchev–Trinajstić information content (AvgIpc) is 2.39. The van der Waals surface area contributed by atoms with Crippen molar-refractivity contribution in [1.29, 1.82) is 5.26 Å². The molecular weight excluding hydrogens is 232 g/mol. The summed E-state index contributed by atoms with van der Waals surface area (Å²) in [5.41, 5.74) is 1.12. The van der Waals surface area contributed by atoms with Gasteiger partial charge in [0.1, 0.15) is 12.7 Å². The molecule has 0 aliphatic carbocycles. The molecule has 2 rings (SSSR count). The number of aromatic nitrogens is 1. The van der Waals surface area contributed by atoms with Gasteiger partial charge < -0.3 is 14.6 Å². The smallest absolute Gasteiger partial charge is 0.163 e. The number of hydrogen-bond acceptors (Lipinski definition) is 5. The third-order valence-corrected chi connectivity index (χ3v) is 2.44. The van der Waals surface area contributed by atoms with Crippen LogP contribution in [0.25, 0.3) is 10.9 Å². The van der Waals surface area contributed by atoms with E-state index in [2.05, 4.69) is 4.98 Å². The molecule has 0 bridgehead atoms. The van der Waals surface area contributed by atoms with Gasteiger partial charge in [-0.25, -0.2) is 0 Å². The van der Waals surface area contributed by atoms with Crippen LogP contribution in [-0.2, 0) is 4.74 Å². The SMILES string of the molecule is COCCOc1cc2ncc(C#N)cc2cc1O. The minimum atomic E-state index is 0.0236.